The maximum atomic E-state index is 12.3. The number of hydrogen-bond donors (Lipinski definition) is 3. The molecule has 0 aromatic heterocycles. The van der Waals surface area contributed by atoms with E-state index >= 15 is 0 Å². The molecule has 4 saturated carbocycles. The minimum absolute atomic E-state index is 0.00772. The van der Waals surface area contributed by atoms with Crippen molar-refractivity contribution in [2.45, 2.75) is 63.8 Å². The van der Waals surface area contributed by atoms with E-state index in [0.717, 1.165) is 30.6 Å². The topological polar surface area (TPSA) is 61.4 Å². The molecule has 4 aliphatic rings. The van der Waals surface area contributed by atoms with Gasteiger partial charge in [0.1, 0.15) is 0 Å². The van der Waals surface area contributed by atoms with Crippen molar-refractivity contribution in [3.05, 3.63) is 0 Å². The number of carbonyl (C=O) groups excluding carboxylic acids is 1. The molecule has 1 unspecified atom stereocenters. The number of amides is 2. The van der Waals surface area contributed by atoms with Crippen LogP contribution in [-0.2, 0) is 0 Å². The van der Waals surface area contributed by atoms with Crippen molar-refractivity contribution in [3.8, 4) is 0 Å². The second kappa shape index (κ2) is 6.15. The highest BCUT2D eigenvalue weighted by molar-refractivity contribution is 5.74. The van der Waals surface area contributed by atoms with Crippen LogP contribution in [0.3, 0.4) is 0 Å². The van der Waals surface area contributed by atoms with Gasteiger partial charge in [-0.2, -0.15) is 0 Å². The lowest BCUT2D eigenvalue weighted by Crippen LogP contribution is -2.61. The van der Waals surface area contributed by atoms with Gasteiger partial charge in [-0.1, -0.05) is 13.3 Å². The van der Waals surface area contributed by atoms with Crippen molar-refractivity contribution in [2.75, 3.05) is 13.2 Å². The number of nitrogens with one attached hydrogen (secondary N) is 2. The molecular formula is C17H30N2O2. The quantitative estimate of drug-likeness (QED) is 0.705. The third-order valence-corrected chi connectivity index (χ3v) is 6.08. The molecule has 4 fully saturated rings. The molecule has 0 aromatic rings. The highest BCUT2D eigenvalue weighted by Gasteiger charge is 2.51. The van der Waals surface area contributed by atoms with Gasteiger partial charge in [0.05, 0.1) is 0 Å². The summed E-state index contributed by atoms with van der Waals surface area (Å²) in [5.74, 6) is 2.95. The summed E-state index contributed by atoms with van der Waals surface area (Å²) in [6.07, 6.45) is 9.55. The number of carbonyl (C=O) groups is 1. The molecule has 4 nitrogen and oxygen atoms in total. The molecule has 2 amide bonds. The summed E-state index contributed by atoms with van der Waals surface area (Å²) in [6.45, 7) is 2.99. The molecule has 0 aliphatic heterocycles. The minimum Gasteiger partial charge on any atom is -0.396 e. The van der Waals surface area contributed by atoms with Gasteiger partial charge >= 0.3 is 6.03 Å². The van der Waals surface area contributed by atoms with Gasteiger partial charge in [-0.3, -0.25) is 0 Å². The number of hydrogen-bond acceptors (Lipinski definition) is 2. The van der Waals surface area contributed by atoms with Gasteiger partial charge in [0.15, 0.2) is 0 Å². The molecule has 0 heterocycles. The Kier molecular flexibility index (Phi) is 4.43. The van der Waals surface area contributed by atoms with Crippen molar-refractivity contribution in [3.63, 3.8) is 0 Å². The third kappa shape index (κ3) is 3.36. The van der Waals surface area contributed by atoms with Crippen LogP contribution in [-0.4, -0.2) is 29.8 Å². The highest BCUT2D eigenvalue weighted by Crippen LogP contribution is 2.55. The van der Waals surface area contributed by atoms with Crippen molar-refractivity contribution < 1.29 is 9.90 Å². The zero-order chi connectivity index (χ0) is 14.9. The Bertz CT molecular complexity index is 348. The Morgan fingerprint density at radius 3 is 2.24 bits per heavy atom. The van der Waals surface area contributed by atoms with Crippen LogP contribution < -0.4 is 10.6 Å². The average molecular weight is 294 g/mol. The molecule has 21 heavy (non-hydrogen) atoms. The van der Waals surface area contributed by atoms with Crippen LogP contribution in [0.5, 0.6) is 0 Å². The monoisotopic (exact) mass is 294 g/mol. The largest absolute Gasteiger partial charge is 0.396 e. The lowest BCUT2D eigenvalue weighted by atomic mass is 9.53. The fourth-order valence-corrected chi connectivity index (χ4v) is 5.42. The van der Waals surface area contributed by atoms with Crippen molar-refractivity contribution in [1.82, 2.24) is 10.6 Å². The van der Waals surface area contributed by atoms with E-state index < -0.39 is 0 Å². The lowest BCUT2D eigenvalue weighted by molar-refractivity contribution is -0.0135. The Balaban J connectivity index is 1.50. The number of aliphatic hydroxyl groups excluding tert-OH is 1. The van der Waals surface area contributed by atoms with Gasteiger partial charge < -0.3 is 15.7 Å². The molecule has 0 spiro atoms. The molecule has 120 valence electrons. The minimum atomic E-state index is 0.00772. The highest BCUT2D eigenvalue weighted by atomic mass is 16.3. The van der Waals surface area contributed by atoms with E-state index in [1.165, 1.54) is 38.5 Å². The van der Waals surface area contributed by atoms with Gasteiger partial charge in [-0.05, 0) is 68.6 Å². The van der Waals surface area contributed by atoms with Crippen LogP contribution in [0.25, 0.3) is 0 Å². The molecule has 4 rings (SSSR count). The van der Waals surface area contributed by atoms with E-state index in [1.807, 2.05) is 0 Å². The summed E-state index contributed by atoms with van der Waals surface area (Å²) < 4.78 is 0. The molecule has 3 N–H and O–H groups in total. The summed E-state index contributed by atoms with van der Waals surface area (Å²) >= 11 is 0. The summed E-state index contributed by atoms with van der Waals surface area (Å²) in [5, 5.41) is 15.4. The van der Waals surface area contributed by atoms with Crippen molar-refractivity contribution in [2.24, 2.45) is 23.7 Å². The number of urea groups is 1. The van der Waals surface area contributed by atoms with Gasteiger partial charge in [-0.25, -0.2) is 4.79 Å². The molecule has 4 aliphatic carbocycles. The van der Waals surface area contributed by atoms with Crippen LogP contribution in [0, 0.1) is 23.7 Å². The molecule has 0 aromatic carbocycles. The predicted molar refractivity (Wildman–Crippen MR) is 82.9 cm³/mol. The first kappa shape index (κ1) is 15.1. The fourth-order valence-electron chi connectivity index (χ4n) is 5.42. The first-order chi connectivity index (χ1) is 10.1. The van der Waals surface area contributed by atoms with Crippen molar-refractivity contribution in [1.29, 1.82) is 0 Å². The summed E-state index contributed by atoms with van der Waals surface area (Å²) in [6, 6.07) is 0.00772. The third-order valence-electron chi connectivity index (χ3n) is 6.08. The Morgan fingerprint density at radius 1 is 1.19 bits per heavy atom. The first-order valence-electron chi connectivity index (χ1n) is 8.79. The second-order valence-corrected chi connectivity index (χ2v) is 7.82. The molecule has 0 saturated heterocycles. The van der Waals surface area contributed by atoms with Crippen molar-refractivity contribution >= 4 is 6.03 Å². The molecule has 1 atom stereocenters. The average Bonchev–Trinajstić information content (AvgIpc) is 2.41. The molecule has 4 bridgehead atoms. The van der Waals surface area contributed by atoms with E-state index in [9.17, 15) is 4.79 Å². The summed E-state index contributed by atoms with van der Waals surface area (Å²) in [5.41, 5.74) is 0.0948. The van der Waals surface area contributed by atoms with Crippen LogP contribution in [0.4, 0.5) is 4.79 Å². The number of rotatable bonds is 6. The second-order valence-electron chi connectivity index (χ2n) is 7.82. The summed E-state index contributed by atoms with van der Waals surface area (Å²) in [4.78, 5) is 12.3. The van der Waals surface area contributed by atoms with E-state index in [1.54, 1.807) is 0 Å². The number of aliphatic hydroxyl groups is 1. The van der Waals surface area contributed by atoms with Gasteiger partial charge in [0, 0.05) is 18.7 Å². The zero-order valence-electron chi connectivity index (χ0n) is 13.2. The molecule has 4 heteroatoms. The Labute approximate surface area is 128 Å². The Hall–Kier alpha value is -0.770. The first-order valence-corrected chi connectivity index (χ1v) is 8.79. The SMILES string of the molecule is CCC(CCO)CNC(=O)NC12CC3CC(CC(C3)C1)C2. The maximum absolute atomic E-state index is 12.3. The van der Waals surface area contributed by atoms with E-state index in [0.29, 0.717) is 12.5 Å². The standard InChI is InChI=1S/C17H30N2O2/c1-2-12(3-4-20)11-18-16(21)19-17-8-13-5-14(9-17)7-15(6-13)10-17/h12-15,20H,2-11H2,1H3,(H2,18,19,21). The lowest BCUT2D eigenvalue weighted by Gasteiger charge is -2.56. The van der Waals surface area contributed by atoms with Crippen LogP contribution >= 0.6 is 0 Å². The zero-order valence-corrected chi connectivity index (χ0v) is 13.2. The van der Waals surface area contributed by atoms with Crippen LogP contribution in [0.2, 0.25) is 0 Å². The molecule has 0 radical (unpaired) electrons. The fraction of sp³-hybridized carbons (Fsp3) is 0.941. The summed E-state index contributed by atoms with van der Waals surface area (Å²) in [7, 11) is 0. The van der Waals surface area contributed by atoms with E-state index in [4.69, 9.17) is 5.11 Å². The molecular weight excluding hydrogens is 264 g/mol. The smallest absolute Gasteiger partial charge is 0.315 e. The van der Waals surface area contributed by atoms with E-state index in [-0.39, 0.29) is 18.2 Å². The van der Waals surface area contributed by atoms with Crippen LogP contribution in [0.1, 0.15) is 58.3 Å². The van der Waals surface area contributed by atoms with E-state index in [2.05, 4.69) is 17.6 Å². The van der Waals surface area contributed by atoms with Gasteiger partial charge in [0.25, 0.3) is 0 Å². The maximum Gasteiger partial charge on any atom is 0.315 e. The Morgan fingerprint density at radius 2 is 1.76 bits per heavy atom. The predicted octanol–water partition coefficient (Wildman–Crippen LogP) is 2.66. The van der Waals surface area contributed by atoms with Gasteiger partial charge in [0.2, 0.25) is 0 Å². The van der Waals surface area contributed by atoms with Gasteiger partial charge in [-0.15, -0.1) is 0 Å². The normalized spacial score (nSPS) is 38.3. The van der Waals surface area contributed by atoms with Crippen LogP contribution in [0.15, 0.2) is 0 Å².